The van der Waals surface area contributed by atoms with Gasteiger partial charge in [-0.2, -0.15) is 13.2 Å². The van der Waals surface area contributed by atoms with Crippen molar-refractivity contribution in [2.45, 2.75) is 38.9 Å². The lowest BCUT2D eigenvalue weighted by atomic mass is 10.2. The van der Waals surface area contributed by atoms with Gasteiger partial charge in [0.1, 0.15) is 5.82 Å². The molecule has 1 heterocycles. The maximum atomic E-state index is 12.8. The molecule has 0 spiro atoms. The zero-order chi connectivity index (χ0) is 16.3. The highest BCUT2D eigenvalue weighted by molar-refractivity contribution is 5.77. The molecule has 0 amide bonds. The number of nitrogens with zero attached hydrogens (tertiary/aromatic N) is 3. The molecule has 2 aromatic rings. The van der Waals surface area contributed by atoms with Crippen LogP contribution in [0.2, 0.25) is 0 Å². The zero-order valence-electron chi connectivity index (χ0n) is 13.2. The molecule has 6 heteroatoms. The van der Waals surface area contributed by atoms with Crippen LogP contribution in [0.15, 0.2) is 18.2 Å². The highest BCUT2D eigenvalue weighted by atomic mass is 19.4. The van der Waals surface area contributed by atoms with E-state index >= 15 is 0 Å². The number of rotatable bonds is 6. The van der Waals surface area contributed by atoms with Crippen LogP contribution < -0.4 is 0 Å². The largest absolute Gasteiger partial charge is 0.416 e. The second-order valence-corrected chi connectivity index (χ2v) is 5.79. The van der Waals surface area contributed by atoms with Gasteiger partial charge in [0, 0.05) is 13.0 Å². The van der Waals surface area contributed by atoms with Crippen molar-refractivity contribution in [2.24, 2.45) is 0 Å². The highest BCUT2D eigenvalue weighted by Gasteiger charge is 2.31. The van der Waals surface area contributed by atoms with Gasteiger partial charge in [0.2, 0.25) is 0 Å². The monoisotopic (exact) mass is 313 g/mol. The van der Waals surface area contributed by atoms with E-state index in [-0.39, 0.29) is 0 Å². The fourth-order valence-electron chi connectivity index (χ4n) is 2.57. The van der Waals surface area contributed by atoms with E-state index < -0.39 is 11.7 Å². The van der Waals surface area contributed by atoms with E-state index in [0.717, 1.165) is 55.8 Å². The quantitative estimate of drug-likeness (QED) is 0.805. The standard InChI is InChI=1S/C16H22F3N3/c1-4-6-15-20-13-11-12(16(17,18)19)7-8-14(13)22(15)10-5-9-21(2)3/h7-8,11H,4-6,9-10H2,1-3H3. The van der Waals surface area contributed by atoms with Crippen LogP contribution in [0.3, 0.4) is 0 Å². The molecule has 0 saturated heterocycles. The van der Waals surface area contributed by atoms with Gasteiger partial charge in [0.25, 0.3) is 0 Å². The van der Waals surface area contributed by atoms with Crippen LogP contribution in [0.1, 0.15) is 31.2 Å². The summed E-state index contributed by atoms with van der Waals surface area (Å²) in [6.45, 7) is 3.76. The summed E-state index contributed by atoms with van der Waals surface area (Å²) in [5.74, 6) is 0.871. The first kappa shape index (κ1) is 16.8. The molecule has 0 aliphatic rings. The molecule has 2 rings (SSSR count). The van der Waals surface area contributed by atoms with Gasteiger partial charge in [-0.15, -0.1) is 0 Å². The molecule has 0 radical (unpaired) electrons. The second kappa shape index (κ2) is 6.69. The van der Waals surface area contributed by atoms with Crippen LogP contribution in [-0.4, -0.2) is 35.1 Å². The lowest BCUT2D eigenvalue weighted by Crippen LogP contribution is -2.15. The summed E-state index contributed by atoms with van der Waals surface area (Å²) in [4.78, 5) is 6.52. The van der Waals surface area contributed by atoms with Crippen LogP contribution in [0, 0.1) is 0 Å². The smallest absolute Gasteiger partial charge is 0.328 e. The molecule has 0 unspecified atom stereocenters. The van der Waals surface area contributed by atoms with Crippen LogP contribution >= 0.6 is 0 Å². The molecule has 1 aromatic heterocycles. The Morgan fingerprint density at radius 3 is 2.55 bits per heavy atom. The molecule has 3 nitrogen and oxygen atoms in total. The maximum absolute atomic E-state index is 12.8. The first-order valence-corrected chi connectivity index (χ1v) is 7.54. The van der Waals surface area contributed by atoms with Gasteiger partial charge in [-0.3, -0.25) is 0 Å². The van der Waals surface area contributed by atoms with Crippen molar-refractivity contribution in [2.75, 3.05) is 20.6 Å². The minimum absolute atomic E-state index is 0.433. The Labute approximate surface area is 128 Å². The number of hydrogen-bond donors (Lipinski definition) is 0. The lowest BCUT2D eigenvalue weighted by molar-refractivity contribution is -0.137. The van der Waals surface area contributed by atoms with Crippen LogP contribution in [0.4, 0.5) is 13.2 Å². The fraction of sp³-hybridized carbons (Fsp3) is 0.562. The Morgan fingerprint density at radius 2 is 1.95 bits per heavy atom. The first-order chi connectivity index (χ1) is 10.3. The molecular formula is C16H22F3N3. The number of aryl methyl sites for hydroxylation is 2. The number of fused-ring (bicyclic) bond motifs is 1. The normalized spacial score (nSPS) is 12.5. The average molecular weight is 313 g/mol. The number of halogens is 3. The van der Waals surface area contributed by atoms with E-state index in [1.165, 1.54) is 0 Å². The molecule has 122 valence electrons. The second-order valence-electron chi connectivity index (χ2n) is 5.79. The SMILES string of the molecule is CCCc1nc2cc(C(F)(F)F)ccc2n1CCCN(C)C. The molecule has 0 fully saturated rings. The van der Waals surface area contributed by atoms with Gasteiger partial charge in [-0.25, -0.2) is 4.98 Å². The minimum Gasteiger partial charge on any atom is -0.328 e. The number of benzene rings is 1. The Morgan fingerprint density at radius 1 is 1.23 bits per heavy atom. The predicted octanol–water partition coefficient (Wildman–Crippen LogP) is 3.96. The summed E-state index contributed by atoms with van der Waals surface area (Å²) in [6.07, 6.45) is -1.69. The van der Waals surface area contributed by atoms with Gasteiger partial charge < -0.3 is 9.47 Å². The molecule has 0 atom stereocenters. The number of imidazole rings is 1. The number of hydrogen-bond acceptors (Lipinski definition) is 2. The van der Waals surface area contributed by atoms with E-state index in [0.29, 0.717) is 5.52 Å². The number of aromatic nitrogens is 2. The molecule has 1 aromatic carbocycles. The van der Waals surface area contributed by atoms with Crippen molar-refractivity contribution < 1.29 is 13.2 Å². The van der Waals surface area contributed by atoms with Crippen molar-refractivity contribution >= 4 is 11.0 Å². The third-order valence-electron chi connectivity index (χ3n) is 3.62. The van der Waals surface area contributed by atoms with Gasteiger partial charge >= 0.3 is 6.18 Å². The van der Waals surface area contributed by atoms with Crippen molar-refractivity contribution in [1.82, 2.24) is 14.5 Å². The fourth-order valence-corrected chi connectivity index (χ4v) is 2.57. The summed E-state index contributed by atoms with van der Waals surface area (Å²) in [5, 5.41) is 0. The Kier molecular flexibility index (Phi) is 5.11. The maximum Gasteiger partial charge on any atom is 0.416 e. The third-order valence-corrected chi connectivity index (χ3v) is 3.62. The van der Waals surface area contributed by atoms with E-state index in [1.807, 2.05) is 21.0 Å². The Hall–Kier alpha value is -1.56. The van der Waals surface area contributed by atoms with E-state index in [9.17, 15) is 13.2 Å². The topological polar surface area (TPSA) is 21.1 Å². The average Bonchev–Trinajstić information content (AvgIpc) is 2.75. The van der Waals surface area contributed by atoms with Crippen LogP contribution in [-0.2, 0) is 19.1 Å². The van der Waals surface area contributed by atoms with Crippen LogP contribution in [0.25, 0.3) is 11.0 Å². The molecule has 0 aliphatic carbocycles. The summed E-state index contributed by atoms with van der Waals surface area (Å²) >= 11 is 0. The van der Waals surface area contributed by atoms with Gasteiger partial charge in [-0.05, 0) is 51.7 Å². The van der Waals surface area contributed by atoms with Gasteiger partial charge in [0.15, 0.2) is 0 Å². The van der Waals surface area contributed by atoms with E-state index in [4.69, 9.17) is 0 Å². The molecule has 0 saturated carbocycles. The van der Waals surface area contributed by atoms with Crippen molar-refractivity contribution in [3.05, 3.63) is 29.6 Å². The third kappa shape index (κ3) is 3.80. The highest BCUT2D eigenvalue weighted by Crippen LogP contribution is 2.31. The predicted molar refractivity (Wildman–Crippen MR) is 81.9 cm³/mol. The molecule has 0 aliphatic heterocycles. The Balaban J connectivity index is 2.37. The summed E-state index contributed by atoms with van der Waals surface area (Å²) in [7, 11) is 4.02. The molecular weight excluding hydrogens is 291 g/mol. The van der Waals surface area contributed by atoms with Gasteiger partial charge in [0.05, 0.1) is 16.6 Å². The van der Waals surface area contributed by atoms with E-state index in [2.05, 4.69) is 14.5 Å². The lowest BCUT2D eigenvalue weighted by Gasteiger charge is -2.12. The Bertz CT molecular complexity index is 629. The van der Waals surface area contributed by atoms with Crippen molar-refractivity contribution in [1.29, 1.82) is 0 Å². The van der Waals surface area contributed by atoms with Crippen molar-refractivity contribution in [3.63, 3.8) is 0 Å². The molecule has 0 bridgehead atoms. The first-order valence-electron chi connectivity index (χ1n) is 7.54. The molecule has 22 heavy (non-hydrogen) atoms. The van der Waals surface area contributed by atoms with Crippen LogP contribution in [0.5, 0.6) is 0 Å². The van der Waals surface area contributed by atoms with Gasteiger partial charge in [-0.1, -0.05) is 6.92 Å². The van der Waals surface area contributed by atoms with E-state index in [1.54, 1.807) is 6.07 Å². The minimum atomic E-state index is -4.33. The summed E-state index contributed by atoms with van der Waals surface area (Å²) in [6, 6.07) is 3.83. The molecule has 0 N–H and O–H groups in total. The summed E-state index contributed by atoms with van der Waals surface area (Å²) < 4.78 is 40.5. The van der Waals surface area contributed by atoms with Crippen molar-refractivity contribution in [3.8, 4) is 0 Å². The number of alkyl halides is 3. The summed E-state index contributed by atoms with van der Waals surface area (Å²) in [5.41, 5.74) is 0.583. The zero-order valence-corrected chi connectivity index (χ0v) is 13.2.